The number of H-pyrrole nitrogens is 1. The Morgan fingerprint density at radius 1 is 1.14 bits per heavy atom. The zero-order chi connectivity index (χ0) is 20.2. The fourth-order valence-corrected chi connectivity index (χ4v) is 3.02. The molecule has 146 valence electrons. The molecule has 0 bridgehead atoms. The van der Waals surface area contributed by atoms with Gasteiger partial charge >= 0.3 is 0 Å². The smallest absolute Gasteiger partial charge is 0.228 e. The number of carbonyl (C=O) groups excluding carboxylic acids is 1. The first-order valence-corrected chi connectivity index (χ1v) is 9.35. The first-order valence-electron chi connectivity index (χ1n) is 9.35. The summed E-state index contributed by atoms with van der Waals surface area (Å²) < 4.78 is 5.09. The Labute approximate surface area is 168 Å². The van der Waals surface area contributed by atoms with Crippen molar-refractivity contribution in [2.45, 2.75) is 26.8 Å². The number of pyridine rings is 1. The second-order valence-corrected chi connectivity index (χ2v) is 6.88. The molecule has 4 rings (SSSR count). The van der Waals surface area contributed by atoms with Crippen molar-refractivity contribution in [2.75, 3.05) is 0 Å². The van der Waals surface area contributed by atoms with Gasteiger partial charge in [-0.15, -0.1) is 0 Å². The largest absolute Gasteiger partial charge is 0.361 e. The third kappa shape index (κ3) is 4.40. The van der Waals surface area contributed by atoms with E-state index in [1.54, 1.807) is 12.3 Å². The Morgan fingerprint density at radius 2 is 1.97 bits per heavy atom. The van der Waals surface area contributed by atoms with E-state index in [-0.39, 0.29) is 18.9 Å². The zero-order valence-electron chi connectivity index (χ0n) is 16.3. The van der Waals surface area contributed by atoms with Crippen molar-refractivity contribution in [3.8, 4) is 22.6 Å². The molecule has 0 fully saturated rings. The van der Waals surface area contributed by atoms with Crippen LogP contribution in [-0.4, -0.2) is 26.0 Å². The minimum Gasteiger partial charge on any atom is -0.361 e. The van der Waals surface area contributed by atoms with Crippen molar-refractivity contribution < 1.29 is 9.32 Å². The van der Waals surface area contributed by atoms with Crippen LogP contribution in [0.2, 0.25) is 0 Å². The SMILES string of the molecule is Cc1ccc(-c2nc(CNC(=O)Cc3cc(C)no3)[nH]c2-c2ccccn2)cc1. The zero-order valence-corrected chi connectivity index (χ0v) is 16.3. The molecule has 0 saturated carbocycles. The number of amides is 1. The molecule has 0 spiro atoms. The highest BCUT2D eigenvalue weighted by molar-refractivity contribution is 5.78. The van der Waals surface area contributed by atoms with Crippen molar-refractivity contribution in [2.24, 2.45) is 0 Å². The summed E-state index contributed by atoms with van der Waals surface area (Å²) in [5.74, 6) is 1.03. The third-order valence-electron chi connectivity index (χ3n) is 4.46. The second-order valence-electron chi connectivity index (χ2n) is 6.88. The molecule has 7 nitrogen and oxygen atoms in total. The number of aryl methyl sites for hydroxylation is 2. The molecule has 0 saturated heterocycles. The molecule has 29 heavy (non-hydrogen) atoms. The van der Waals surface area contributed by atoms with E-state index in [4.69, 9.17) is 9.51 Å². The number of aromatic nitrogens is 4. The molecule has 7 heteroatoms. The Kier molecular flexibility index (Phi) is 5.20. The Balaban J connectivity index is 1.56. The fraction of sp³-hybridized carbons (Fsp3) is 0.182. The maximum absolute atomic E-state index is 12.2. The average Bonchev–Trinajstić information content (AvgIpc) is 3.34. The number of carbonyl (C=O) groups is 1. The summed E-state index contributed by atoms with van der Waals surface area (Å²) in [7, 11) is 0. The summed E-state index contributed by atoms with van der Waals surface area (Å²) in [5, 5.41) is 6.66. The van der Waals surface area contributed by atoms with E-state index in [9.17, 15) is 4.79 Å². The van der Waals surface area contributed by atoms with E-state index >= 15 is 0 Å². The van der Waals surface area contributed by atoms with Gasteiger partial charge in [-0.1, -0.05) is 41.1 Å². The van der Waals surface area contributed by atoms with E-state index < -0.39 is 0 Å². The first-order chi connectivity index (χ1) is 14.1. The molecule has 0 atom stereocenters. The quantitative estimate of drug-likeness (QED) is 0.527. The number of imidazole rings is 1. The van der Waals surface area contributed by atoms with Gasteiger partial charge < -0.3 is 14.8 Å². The van der Waals surface area contributed by atoms with Gasteiger partial charge in [0.15, 0.2) is 0 Å². The lowest BCUT2D eigenvalue weighted by Crippen LogP contribution is -2.24. The number of benzene rings is 1. The molecule has 3 heterocycles. The molecular weight excluding hydrogens is 366 g/mol. The van der Waals surface area contributed by atoms with Gasteiger partial charge in [0.25, 0.3) is 0 Å². The van der Waals surface area contributed by atoms with Gasteiger partial charge in [0, 0.05) is 17.8 Å². The average molecular weight is 387 g/mol. The summed E-state index contributed by atoms with van der Waals surface area (Å²) >= 11 is 0. The lowest BCUT2D eigenvalue weighted by Gasteiger charge is -2.02. The summed E-state index contributed by atoms with van der Waals surface area (Å²) in [4.78, 5) is 24.7. The van der Waals surface area contributed by atoms with Crippen molar-refractivity contribution >= 4 is 5.91 Å². The summed E-state index contributed by atoms with van der Waals surface area (Å²) in [6, 6.07) is 15.7. The normalized spacial score (nSPS) is 10.8. The van der Waals surface area contributed by atoms with E-state index in [1.807, 2.05) is 56.3 Å². The van der Waals surface area contributed by atoms with Crippen molar-refractivity contribution in [1.82, 2.24) is 25.4 Å². The molecule has 1 aromatic carbocycles. The molecular formula is C22H21N5O2. The molecule has 0 aliphatic rings. The van der Waals surface area contributed by atoms with Gasteiger partial charge in [-0.3, -0.25) is 9.78 Å². The topological polar surface area (TPSA) is 96.7 Å². The highest BCUT2D eigenvalue weighted by Gasteiger charge is 2.16. The monoisotopic (exact) mass is 387 g/mol. The molecule has 2 N–H and O–H groups in total. The summed E-state index contributed by atoms with van der Waals surface area (Å²) in [5.41, 5.74) is 5.34. The van der Waals surface area contributed by atoms with Gasteiger partial charge in [0.05, 0.1) is 35.7 Å². The molecule has 0 unspecified atom stereocenters. The fourth-order valence-electron chi connectivity index (χ4n) is 3.02. The molecule has 0 aliphatic heterocycles. The number of aromatic amines is 1. The van der Waals surface area contributed by atoms with Crippen LogP contribution in [0.25, 0.3) is 22.6 Å². The third-order valence-corrected chi connectivity index (χ3v) is 4.46. The van der Waals surface area contributed by atoms with E-state index in [1.165, 1.54) is 5.56 Å². The Hall–Kier alpha value is -3.74. The van der Waals surface area contributed by atoms with Gasteiger partial charge in [-0.2, -0.15) is 0 Å². The van der Waals surface area contributed by atoms with Gasteiger partial charge in [-0.05, 0) is 26.0 Å². The van der Waals surface area contributed by atoms with E-state index in [2.05, 4.69) is 20.4 Å². The lowest BCUT2D eigenvalue weighted by atomic mass is 10.1. The van der Waals surface area contributed by atoms with Gasteiger partial charge in [-0.25, -0.2) is 4.98 Å². The van der Waals surface area contributed by atoms with E-state index in [0.717, 1.165) is 28.3 Å². The number of hydrogen-bond acceptors (Lipinski definition) is 5. The molecule has 3 aromatic heterocycles. The van der Waals surface area contributed by atoms with Crippen LogP contribution in [0, 0.1) is 13.8 Å². The number of nitrogens with zero attached hydrogens (tertiary/aromatic N) is 3. The Morgan fingerprint density at radius 3 is 2.66 bits per heavy atom. The first kappa shape index (κ1) is 18.6. The summed E-state index contributed by atoms with van der Waals surface area (Å²) in [6.45, 7) is 4.14. The second kappa shape index (κ2) is 8.10. The number of hydrogen-bond donors (Lipinski definition) is 2. The van der Waals surface area contributed by atoms with Crippen molar-refractivity contribution in [3.05, 3.63) is 77.6 Å². The lowest BCUT2D eigenvalue weighted by molar-refractivity contribution is -0.120. The van der Waals surface area contributed by atoms with Crippen LogP contribution >= 0.6 is 0 Å². The van der Waals surface area contributed by atoms with Crippen LogP contribution < -0.4 is 5.32 Å². The number of nitrogens with one attached hydrogen (secondary N) is 2. The van der Waals surface area contributed by atoms with Crippen LogP contribution in [0.15, 0.2) is 59.3 Å². The van der Waals surface area contributed by atoms with Crippen LogP contribution in [0.1, 0.15) is 22.8 Å². The van der Waals surface area contributed by atoms with Crippen LogP contribution in [0.5, 0.6) is 0 Å². The maximum atomic E-state index is 12.2. The molecule has 0 radical (unpaired) electrons. The van der Waals surface area contributed by atoms with Crippen molar-refractivity contribution in [3.63, 3.8) is 0 Å². The Bertz CT molecular complexity index is 1110. The molecule has 0 aliphatic carbocycles. The highest BCUT2D eigenvalue weighted by atomic mass is 16.5. The van der Waals surface area contributed by atoms with Gasteiger partial charge in [0.1, 0.15) is 11.6 Å². The van der Waals surface area contributed by atoms with Crippen molar-refractivity contribution in [1.29, 1.82) is 0 Å². The minimum absolute atomic E-state index is 0.138. The number of rotatable bonds is 6. The van der Waals surface area contributed by atoms with Crippen LogP contribution in [0.4, 0.5) is 0 Å². The van der Waals surface area contributed by atoms with Crippen LogP contribution in [-0.2, 0) is 17.8 Å². The standard InChI is InChI=1S/C22H21N5O2/c1-14-6-8-16(9-7-14)21-22(18-5-3-4-10-23-18)26-19(25-21)13-24-20(28)12-17-11-15(2)27-29-17/h3-11H,12-13H2,1-2H3,(H,24,28)(H,25,26). The molecule has 1 amide bonds. The van der Waals surface area contributed by atoms with Gasteiger partial charge in [0.2, 0.25) is 5.91 Å². The minimum atomic E-state index is -0.158. The predicted molar refractivity (Wildman–Crippen MR) is 109 cm³/mol. The molecule has 4 aromatic rings. The predicted octanol–water partition coefficient (Wildman–Crippen LogP) is 3.60. The highest BCUT2D eigenvalue weighted by Crippen LogP contribution is 2.29. The summed E-state index contributed by atoms with van der Waals surface area (Å²) in [6.07, 6.45) is 1.88. The van der Waals surface area contributed by atoms with Crippen LogP contribution in [0.3, 0.4) is 0 Å². The van der Waals surface area contributed by atoms with E-state index in [0.29, 0.717) is 11.6 Å². The maximum Gasteiger partial charge on any atom is 0.228 e.